The molecule has 6 heteroatoms. The second kappa shape index (κ2) is 21.1. The number of hydrogen-bond acceptors (Lipinski definition) is 3. The molecule has 0 aliphatic rings. The Hall–Kier alpha value is -1.59. The first kappa shape index (κ1) is 27.4. The maximum atomic E-state index is 11.4. The van der Waals surface area contributed by atoms with Crippen LogP contribution in [0, 0.1) is 0 Å². The Bertz CT molecular complexity index is 427. The fraction of sp³-hybridized carbons (Fsp3) is 0.870. The Morgan fingerprint density at radius 2 is 0.862 bits per heavy atom. The molecule has 0 rings (SSSR count). The van der Waals surface area contributed by atoms with Gasteiger partial charge in [0.05, 0.1) is 0 Å². The normalized spacial score (nSPS) is 10.7. The molecular formula is C23H44N2O4. The van der Waals surface area contributed by atoms with Gasteiger partial charge in [-0.25, -0.2) is 0 Å². The van der Waals surface area contributed by atoms with Crippen molar-refractivity contribution < 1.29 is 19.5 Å². The van der Waals surface area contributed by atoms with Gasteiger partial charge in [-0.2, -0.15) is 0 Å². The summed E-state index contributed by atoms with van der Waals surface area (Å²) in [6.45, 7) is 2.41. The predicted octanol–water partition coefficient (Wildman–Crippen LogP) is 4.96. The van der Waals surface area contributed by atoms with Crippen molar-refractivity contribution in [3.63, 3.8) is 0 Å². The lowest BCUT2D eigenvalue weighted by Gasteiger charge is -2.04. The van der Waals surface area contributed by atoms with Gasteiger partial charge in [-0.1, -0.05) is 83.5 Å². The summed E-state index contributed by atoms with van der Waals surface area (Å²) in [6.07, 6.45) is 19.4. The van der Waals surface area contributed by atoms with E-state index in [2.05, 4.69) is 10.6 Å². The smallest absolute Gasteiger partial charge is 0.322 e. The third-order valence-electron chi connectivity index (χ3n) is 5.12. The van der Waals surface area contributed by atoms with Gasteiger partial charge in [-0.05, 0) is 19.8 Å². The second-order valence-electron chi connectivity index (χ2n) is 7.93. The summed E-state index contributed by atoms with van der Waals surface area (Å²) in [7, 11) is 0. The highest BCUT2D eigenvalue weighted by molar-refractivity contribution is 5.80. The van der Waals surface area contributed by atoms with Crippen LogP contribution < -0.4 is 10.6 Å². The van der Waals surface area contributed by atoms with Crippen molar-refractivity contribution in [1.29, 1.82) is 0 Å². The van der Waals surface area contributed by atoms with E-state index in [9.17, 15) is 14.4 Å². The molecule has 0 atom stereocenters. The minimum atomic E-state index is -0.997. The second-order valence-corrected chi connectivity index (χ2v) is 7.93. The van der Waals surface area contributed by atoms with Crippen molar-refractivity contribution in [3.8, 4) is 0 Å². The number of carbonyl (C=O) groups excluding carboxylic acids is 2. The van der Waals surface area contributed by atoms with Crippen LogP contribution >= 0.6 is 0 Å². The van der Waals surface area contributed by atoms with Gasteiger partial charge >= 0.3 is 5.97 Å². The van der Waals surface area contributed by atoms with Crippen molar-refractivity contribution >= 4 is 17.8 Å². The number of carboxylic acids is 1. The van der Waals surface area contributed by atoms with Crippen LogP contribution in [-0.2, 0) is 14.4 Å². The van der Waals surface area contributed by atoms with Crippen LogP contribution in [-0.4, -0.2) is 36.0 Å². The third-order valence-corrected chi connectivity index (χ3v) is 5.12. The lowest BCUT2D eigenvalue weighted by molar-refractivity contribution is -0.138. The molecule has 2 amide bonds. The largest absolute Gasteiger partial charge is 0.480 e. The van der Waals surface area contributed by atoms with Crippen molar-refractivity contribution in [2.75, 3.05) is 13.1 Å². The highest BCUT2D eigenvalue weighted by Gasteiger charge is 2.03. The SMILES string of the molecule is CCNC(=O)CCCCCCCCCCCCCCCCCC(=O)NCC(=O)O. The fourth-order valence-electron chi connectivity index (χ4n) is 3.42. The number of aliphatic carboxylic acids is 1. The van der Waals surface area contributed by atoms with Crippen molar-refractivity contribution in [2.24, 2.45) is 0 Å². The maximum Gasteiger partial charge on any atom is 0.322 e. The molecule has 0 fully saturated rings. The zero-order valence-corrected chi connectivity index (χ0v) is 18.6. The molecular weight excluding hydrogens is 368 g/mol. The summed E-state index contributed by atoms with van der Waals surface area (Å²) >= 11 is 0. The Labute approximate surface area is 177 Å². The van der Waals surface area contributed by atoms with E-state index in [1.807, 2.05) is 6.92 Å². The molecule has 0 aliphatic carbocycles. The van der Waals surface area contributed by atoms with E-state index in [1.165, 1.54) is 70.6 Å². The third kappa shape index (κ3) is 22.6. The van der Waals surface area contributed by atoms with Crippen LogP contribution in [0.15, 0.2) is 0 Å². The van der Waals surface area contributed by atoms with E-state index in [1.54, 1.807) is 0 Å². The minimum absolute atomic E-state index is 0.160. The molecule has 170 valence electrons. The number of hydrogen-bond donors (Lipinski definition) is 3. The minimum Gasteiger partial charge on any atom is -0.480 e. The number of carboxylic acid groups (broad SMARTS) is 1. The number of carbonyl (C=O) groups is 3. The number of unbranched alkanes of at least 4 members (excludes halogenated alkanes) is 14. The molecule has 3 N–H and O–H groups in total. The van der Waals surface area contributed by atoms with E-state index in [0.717, 1.165) is 32.2 Å². The summed E-state index contributed by atoms with van der Waals surface area (Å²) < 4.78 is 0. The van der Waals surface area contributed by atoms with E-state index in [4.69, 9.17) is 5.11 Å². The van der Waals surface area contributed by atoms with Crippen LogP contribution in [0.5, 0.6) is 0 Å². The zero-order chi connectivity index (χ0) is 21.6. The molecule has 0 saturated carbocycles. The topological polar surface area (TPSA) is 95.5 Å². The molecule has 0 aliphatic heterocycles. The van der Waals surface area contributed by atoms with Crippen LogP contribution in [0.3, 0.4) is 0 Å². The molecule has 0 aromatic rings. The van der Waals surface area contributed by atoms with Crippen molar-refractivity contribution in [1.82, 2.24) is 10.6 Å². The molecule has 0 unspecified atom stereocenters. The van der Waals surface area contributed by atoms with Crippen LogP contribution in [0.1, 0.15) is 116 Å². The average Bonchev–Trinajstić information content (AvgIpc) is 2.68. The highest BCUT2D eigenvalue weighted by Crippen LogP contribution is 2.14. The van der Waals surface area contributed by atoms with E-state index in [-0.39, 0.29) is 18.4 Å². The quantitative estimate of drug-likeness (QED) is 0.232. The van der Waals surface area contributed by atoms with E-state index in [0.29, 0.717) is 12.8 Å². The molecule has 0 radical (unpaired) electrons. The number of amides is 2. The van der Waals surface area contributed by atoms with Gasteiger partial charge in [0.25, 0.3) is 0 Å². The first-order valence-corrected chi connectivity index (χ1v) is 11.8. The molecule has 0 spiro atoms. The van der Waals surface area contributed by atoms with Gasteiger partial charge in [0.2, 0.25) is 11.8 Å². The lowest BCUT2D eigenvalue weighted by Crippen LogP contribution is -2.28. The molecule has 0 heterocycles. The van der Waals surface area contributed by atoms with Crippen LogP contribution in [0.2, 0.25) is 0 Å². The summed E-state index contributed by atoms with van der Waals surface area (Å²) in [5, 5.41) is 13.7. The van der Waals surface area contributed by atoms with Crippen LogP contribution in [0.25, 0.3) is 0 Å². The molecule has 0 saturated heterocycles. The van der Waals surface area contributed by atoms with Crippen LogP contribution in [0.4, 0.5) is 0 Å². The van der Waals surface area contributed by atoms with Gasteiger partial charge < -0.3 is 15.7 Å². The van der Waals surface area contributed by atoms with Gasteiger partial charge in [-0.15, -0.1) is 0 Å². The van der Waals surface area contributed by atoms with E-state index >= 15 is 0 Å². The zero-order valence-electron chi connectivity index (χ0n) is 18.6. The summed E-state index contributed by atoms with van der Waals surface area (Å²) in [4.78, 5) is 33.0. The van der Waals surface area contributed by atoms with E-state index < -0.39 is 5.97 Å². The fourth-order valence-corrected chi connectivity index (χ4v) is 3.42. The first-order chi connectivity index (χ1) is 14.1. The van der Waals surface area contributed by atoms with Gasteiger partial charge in [0.1, 0.15) is 6.54 Å². The molecule has 0 bridgehead atoms. The highest BCUT2D eigenvalue weighted by atomic mass is 16.4. The number of nitrogens with one attached hydrogen (secondary N) is 2. The standard InChI is InChI=1S/C23H44N2O4/c1-2-24-21(26)18-16-14-12-10-8-6-4-3-5-7-9-11-13-15-17-19-22(27)25-20-23(28)29/h2-20H2,1H3,(H,24,26)(H,25,27)(H,28,29). The Morgan fingerprint density at radius 1 is 0.552 bits per heavy atom. The maximum absolute atomic E-state index is 11.4. The number of rotatable bonds is 21. The van der Waals surface area contributed by atoms with Gasteiger partial charge in [0, 0.05) is 19.4 Å². The lowest BCUT2D eigenvalue weighted by atomic mass is 10.0. The summed E-state index contributed by atoms with van der Waals surface area (Å²) in [6, 6.07) is 0. The monoisotopic (exact) mass is 412 g/mol. The molecule has 29 heavy (non-hydrogen) atoms. The van der Waals surface area contributed by atoms with Crippen molar-refractivity contribution in [2.45, 2.75) is 116 Å². The molecule has 0 aromatic heterocycles. The Balaban J connectivity index is 3.14. The van der Waals surface area contributed by atoms with Crippen molar-refractivity contribution in [3.05, 3.63) is 0 Å². The average molecular weight is 413 g/mol. The molecule has 0 aromatic carbocycles. The van der Waals surface area contributed by atoms with Gasteiger partial charge in [0.15, 0.2) is 0 Å². The first-order valence-electron chi connectivity index (χ1n) is 11.8. The Morgan fingerprint density at radius 3 is 1.17 bits per heavy atom. The summed E-state index contributed by atoms with van der Waals surface area (Å²) in [5.41, 5.74) is 0. The summed E-state index contributed by atoms with van der Waals surface area (Å²) in [5.74, 6) is -0.970. The molecule has 6 nitrogen and oxygen atoms in total. The van der Waals surface area contributed by atoms with Gasteiger partial charge in [-0.3, -0.25) is 14.4 Å². The predicted molar refractivity (Wildman–Crippen MR) is 118 cm³/mol. The Kier molecular flexibility index (Phi) is 20.0.